The normalized spacial score (nSPS) is 11.5. The zero-order valence-corrected chi connectivity index (χ0v) is 20.6. The van der Waals surface area contributed by atoms with Crippen LogP contribution in [0.4, 0.5) is 0 Å². The number of aromatic hydroxyl groups is 1. The molecule has 0 saturated heterocycles. The summed E-state index contributed by atoms with van der Waals surface area (Å²) >= 11 is 0. The molecule has 8 heteroatoms. The minimum Gasteiger partial charge on any atom is -0.504 e. The smallest absolute Gasteiger partial charge is 0.335 e. The summed E-state index contributed by atoms with van der Waals surface area (Å²) in [6, 6.07) is 12.4. The third kappa shape index (κ3) is 6.15. The minimum absolute atomic E-state index is 0.0136. The van der Waals surface area contributed by atoms with Crippen LogP contribution in [-0.4, -0.2) is 37.6 Å². The lowest BCUT2D eigenvalue weighted by molar-refractivity contribution is 0.0695. The molecule has 0 atom stereocenters. The number of carboxylic acids is 1. The Morgan fingerprint density at radius 1 is 1.09 bits per heavy atom. The summed E-state index contributed by atoms with van der Waals surface area (Å²) < 4.78 is 1.59. The first kappa shape index (κ1) is 25.7. The molecule has 35 heavy (non-hydrogen) atoms. The molecule has 3 rings (SSSR count). The van der Waals surface area contributed by atoms with E-state index >= 15 is 0 Å². The Bertz CT molecular complexity index is 1240. The maximum absolute atomic E-state index is 12.5. The molecule has 3 N–H and O–H groups in total. The number of nitrogens with one attached hydrogen (secondary N) is 1. The summed E-state index contributed by atoms with van der Waals surface area (Å²) in [5, 5.41) is 28.5. The molecule has 0 bridgehead atoms. The fourth-order valence-electron chi connectivity index (χ4n) is 3.96. The van der Waals surface area contributed by atoms with Crippen molar-refractivity contribution in [3.63, 3.8) is 0 Å². The summed E-state index contributed by atoms with van der Waals surface area (Å²) in [7, 11) is 1.75. The molecule has 1 aromatic heterocycles. The molecule has 0 aliphatic heterocycles. The zero-order valence-electron chi connectivity index (χ0n) is 20.6. The number of hydrazone groups is 1. The van der Waals surface area contributed by atoms with Gasteiger partial charge in [0.2, 0.25) is 0 Å². The molecule has 1 heterocycles. The van der Waals surface area contributed by atoms with E-state index in [9.17, 15) is 14.7 Å². The van der Waals surface area contributed by atoms with E-state index in [0.29, 0.717) is 17.0 Å². The summed E-state index contributed by atoms with van der Waals surface area (Å²) in [5.74, 6) is -1.55. The van der Waals surface area contributed by atoms with Gasteiger partial charge in [-0.15, -0.1) is 0 Å². The first-order valence-corrected chi connectivity index (χ1v) is 11.8. The predicted octanol–water partition coefficient (Wildman–Crippen LogP) is 5.08. The molecular formula is C27H32N4O4. The molecular weight excluding hydrogens is 444 g/mol. The Kier molecular flexibility index (Phi) is 8.41. The summed E-state index contributed by atoms with van der Waals surface area (Å²) in [5.41, 5.74) is 6.62. The average molecular weight is 477 g/mol. The van der Waals surface area contributed by atoms with Crippen LogP contribution in [-0.2, 0) is 13.5 Å². The third-order valence-corrected chi connectivity index (χ3v) is 5.96. The Labute approximate surface area is 205 Å². The number of hydrogen-bond donors (Lipinski definition) is 3. The van der Waals surface area contributed by atoms with Gasteiger partial charge < -0.3 is 10.2 Å². The van der Waals surface area contributed by atoms with Crippen LogP contribution < -0.4 is 5.43 Å². The highest BCUT2D eigenvalue weighted by molar-refractivity contribution is 6.03. The Morgan fingerprint density at radius 2 is 1.80 bits per heavy atom. The number of rotatable bonds is 10. The molecule has 0 spiro atoms. The van der Waals surface area contributed by atoms with E-state index in [2.05, 4.69) is 34.7 Å². The van der Waals surface area contributed by atoms with E-state index in [1.54, 1.807) is 25.6 Å². The van der Waals surface area contributed by atoms with Crippen LogP contribution in [0.5, 0.6) is 5.75 Å². The van der Waals surface area contributed by atoms with Crippen LogP contribution in [0, 0.1) is 6.92 Å². The van der Waals surface area contributed by atoms with Crippen molar-refractivity contribution in [2.75, 3.05) is 0 Å². The number of carboxylic acid groups (broad SMARTS) is 1. The number of amides is 1. The summed E-state index contributed by atoms with van der Waals surface area (Å²) in [4.78, 5) is 23.6. The number of aromatic nitrogens is 2. The lowest BCUT2D eigenvalue weighted by Gasteiger charge is -2.06. The Hall–Kier alpha value is -3.94. The van der Waals surface area contributed by atoms with Crippen LogP contribution in [0.1, 0.15) is 77.1 Å². The van der Waals surface area contributed by atoms with Gasteiger partial charge in [-0.25, -0.2) is 10.2 Å². The van der Waals surface area contributed by atoms with Gasteiger partial charge in [-0.05, 0) is 56.0 Å². The standard InChI is InChI=1S/C27H32N4O4/c1-5-6-7-8-9-19-10-12-20(13-11-19)24-25(32)23(30-31(24)4)18(3)28-29-26(33)21-14-15-22(27(34)35)17(2)16-21/h10-16,32H,5-9H2,1-4H3,(H,29,33)(H,34,35). The van der Waals surface area contributed by atoms with Crippen molar-refractivity contribution in [2.24, 2.45) is 12.1 Å². The van der Waals surface area contributed by atoms with Crippen LogP contribution in [0.2, 0.25) is 0 Å². The van der Waals surface area contributed by atoms with E-state index in [4.69, 9.17) is 5.11 Å². The SMILES string of the molecule is CCCCCCc1ccc(-c2c(O)c(C(C)=NNC(=O)c3ccc(C(=O)O)c(C)c3)nn2C)cc1. The highest BCUT2D eigenvalue weighted by Gasteiger charge is 2.19. The molecule has 0 unspecified atom stereocenters. The minimum atomic E-state index is -1.05. The van der Waals surface area contributed by atoms with Crippen LogP contribution in [0.15, 0.2) is 47.6 Å². The quantitative estimate of drug-likeness (QED) is 0.214. The van der Waals surface area contributed by atoms with Crippen molar-refractivity contribution >= 4 is 17.6 Å². The maximum atomic E-state index is 12.5. The van der Waals surface area contributed by atoms with Crippen molar-refractivity contribution < 1.29 is 19.8 Å². The molecule has 0 aliphatic rings. The first-order valence-electron chi connectivity index (χ1n) is 11.8. The van der Waals surface area contributed by atoms with Gasteiger partial charge in [0.15, 0.2) is 11.4 Å². The summed E-state index contributed by atoms with van der Waals surface area (Å²) in [6.07, 6.45) is 5.90. The second kappa shape index (κ2) is 11.5. The number of nitrogens with zero attached hydrogens (tertiary/aromatic N) is 3. The van der Waals surface area contributed by atoms with E-state index in [1.807, 2.05) is 12.1 Å². The second-order valence-electron chi connectivity index (χ2n) is 8.65. The van der Waals surface area contributed by atoms with E-state index in [1.165, 1.54) is 49.4 Å². The number of benzene rings is 2. The van der Waals surface area contributed by atoms with Crippen molar-refractivity contribution in [1.82, 2.24) is 15.2 Å². The van der Waals surface area contributed by atoms with Crippen molar-refractivity contribution in [1.29, 1.82) is 0 Å². The number of aromatic carboxylic acids is 1. The van der Waals surface area contributed by atoms with Gasteiger partial charge in [-0.2, -0.15) is 10.2 Å². The molecule has 0 aliphatic carbocycles. The molecule has 2 aromatic carbocycles. The number of hydrogen-bond acceptors (Lipinski definition) is 5. The van der Waals surface area contributed by atoms with Gasteiger partial charge in [0.05, 0.1) is 11.3 Å². The number of carbonyl (C=O) groups excluding carboxylic acids is 1. The fourth-order valence-corrected chi connectivity index (χ4v) is 3.96. The number of aryl methyl sites for hydroxylation is 3. The lowest BCUT2D eigenvalue weighted by Crippen LogP contribution is -2.20. The van der Waals surface area contributed by atoms with Crippen molar-refractivity contribution in [2.45, 2.75) is 52.9 Å². The zero-order chi connectivity index (χ0) is 25.5. The van der Waals surface area contributed by atoms with Crippen molar-refractivity contribution in [3.8, 4) is 17.0 Å². The molecule has 184 valence electrons. The molecule has 1 amide bonds. The second-order valence-corrected chi connectivity index (χ2v) is 8.65. The molecule has 0 radical (unpaired) electrons. The number of unbranched alkanes of at least 4 members (excludes halogenated alkanes) is 3. The molecule has 3 aromatic rings. The van der Waals surface area contributed by atoms with Crippen LogP contribution in [0.25, 0.3) is 11.3 Å². The van der Waals surface area contributed by atoms with E-state index < -0.39 is 11.9 Å². The number of carbonyl (C=O) groups is 2. The van der Waals surface area contributed by atoms with Gasteiger partial charge in [0.25, 0.3) is 5.91 Å². The topological polar surface area (TPSA) is 117 Å². The average Bonchev–Trinajstić information content (AvgIpc) is 3.14. The Balaban J connectivity index is 1.73. The largest absolute Gasteiger partial charge is 0.504 e. The lowest BCUT2D eigenvalue weighted by atomic mass is 10.0. The van der Waals surface area contributed by atoms with Crippen LogP contribution in [0.3, 0.4) is 0 Å². The van der Waals surface area contributed by atoms with Crippen molar-refractivity contribution in [3.05, 3.63) is 70.4 Å². The highest BCUT2D eigenvalue weighted by atomic mass is 16.4. The predicted molar refractivity (Wildman–Crippen MR) is 136 cm³/mol. The highest BCUT2D eigenvalue weighted by Crippen LogP contribution is 2.32. The summed E-state index contributed by atoms with van der Waals surface area (Å²) in [6.45, 7) is 5.47. The van der Waals surface area contributed by atoms with Gasteiger partial charge in [-0.1, -0.05) is 50.5 Å². The van der Waals surface area contributed by atoms with Gasteiger partial charge in [0.1, 0.15) is 5.69 Å². The molecule has 0 saturated carbocycles. The van der Waals surface area contributed by atoms with E-state index in [0.717, 1.165) is 12.0 Å². The first-order chi connectivity index (χ1) is 16.7. The molecule has 8 nitrogen and oxygen atoms in total. The fraction of sp³-hybridized carbons (Fsp3) is 0.333. The van der Waals surface area contributed by atoms with E-state index in [-0.39, 0.29) is 22.6 Å². The molecule has 0 fully saturated rings. The van der Waals surface area contributed by atoms with Gasteiger partial charge >= 0.3 is 5.97 Å². The third-order valence-electron chi connectivity index (χ3n) is 5.96. The van der Waals surface area contributed by atoms with Gasteiger partial charge in [-0.3, -0.25) is 9.48 Å². The Morgan fingerprint density at radius 3 is 2.43 bits per heavy atom. The monoisotopic (exact) mass is 476 g/mol. The van der Waals surface area contributed by atoms with Crippen LogP contribution >= 0.6 is 0 Å². The van der Waals surface area contributed by atoms with Gasteiger partial charge in [0, 0.05) is 18.2 Å². The maximum Gasteiger partial charge on any atom is 0.335 e.